The normalized spacial score (nSPS) is 17.1. The molecule has 24 heavy (non-hydrogen) atoms. The highest BCUT2D eigenvalue weighted by atomic mass is 16.5. The molecule has 7 heteroatoms. The molecule has 2 heterocycles. The number of aliphatic imine (C=N–C) groups is 1. The lowest BCUT2D eigenvalue weighted by Crippen LogP contribution is -2.41. The second-order valence-electron chi connectivity index (χ2n) is 5.79. The van der Waals surface area contributed by atoms with Gasteiger partial charge in [-0.25, -0.2) is 4.99 Å². The quantitative estimate of drug-likeness (QED) is 0.660. The number of aryl methyl sites for hydroxylation is 1. The summed E-state index contributed by atoms with van der Waals surface area (Å²) in [5, 5.41) is 15.0. The van der Waals surface area contributed by atoms with E-state index in [4.69, 9.17) is 4.74 Å². The Kier molecular flexibility index (Phi) is 4.98. The lowest BCUT2D eigenvalue weighted by atomic mass is 10.0. The van der Waals surface area contributed by atoms with Gasteiger partial charge >= 0.3 is 0 Å². The number of benzene rings is 1. The summed E-state index contributed by atoms with van der Waals surface area (Å²) in [4.78, 5) is 4.66. The van der Waals surface area contributed by atoms with E-state index in [1.165, 1.54) is 5.56 Å². The van der Waals surface area contributed by atoms with Crippen LogP contribution in [0.3, 0.4) is 0 Å². The lowest BCUT2D eigenvalue weighted by Gasteiger charge is -2.28. The summed E-state index contributed by atoms with van der Waals surface area (Å²) < 4.78 is 7.68. The van der Waals surface area contributed by atoms with Crippen LogP contribution in [0.25, 0.3) is 0 Å². The predicted octanol–water partition coefficient (Wildman–Crippen LogP) is 1.70. The standard InChI is InChI=1S/C17H24N6O/c1-4-18-17(19-11-16-22-21-12(2)23(16)3)20-14-9-10-24-15-8-6-5-7-13(14)15/h5-8,14H,4,9-11H2,1-3H3,(H2,18,19,20). The molecule has 0 aliphatic carbocycles. The van der Waals surface area contributed by atoms with Crippen molar-refractivity contribution in [1.82, 2.24) is 25.4 Å². The third-order valence-corrected chi connectivity index (χ3v) is 4.18. The summed E-state index contributed by atoms with van der Waals surface area (Å²) in [6.07, 6.45) is 0.907. The van der Waals surface area contributed by atoms with Gasteiger partial charge in [0.1, 0.15) is 18.1 Å². The molecule has 0 amide bonds. The Hall–Kier alpha value is -2.57. The number of nitrogens with zero attached hydrogens (tertiary/aromatic N) is 4. The fourth-order valence-electron chi connectivity index (χ4n) is 2.72. The van der Waals surface area contributed by atoms with Gasteiger partial charge in [-0.1, -0.05) is 18.2 Å². The second kappa shape index (κ2) is 7.33. The van der Waals surface area contributed by atoms with Gasteiger partial charge in [0, 0.05) is 25.6 Å². The summed E-state index contributed by atoms with van der Waals surface area (Å²) in [6.45, 7) is 5.98. The Morgan fingerprint density at radius 3 is 2.96 bits per heavy atom. The first-order valence-electron chi connectivity index (χ1n) is 8.30. The highest BCUT2D eigenvalue weighted by Gasteiger charge is 2.21. The maximum absolute atomic E-state index is 5.72. The molecule has 0 saturated carbocycles. The topological polar surface area (TPSA) is 76.4 Å². The molecule has 1 aliphatic heterocycles. The number of rotatable bonds is 4. The third-order valence-electron chi connectivity index (χ3n) is 4.18. The molecule has 0 fully saturated rings. The zero-order valence-electron chi connectivity index (χ0n) is 14.4. The van der Waals surface area contributed by atoms with Gasteiger partial charge in [0.15, 0.2) is 11.8 Å². The van der Waals surface area contributed by atoms with Crippen molar-refractivity contribution in [3.05, 3.63) is 41.5 Å². The first-order valence-corrected chi connectivity index (χ1v) is 8.30. The van der Waals surface area contributed by atoms with E-state index in [1.807, 2.05) is 36.7 Å². The van der Waals surface area contributed by atoms with E-state index in [2.05, 4.69) is 38.8 Å². The molecule has 2 N–H and O–H groups in total. The molecule has 1 atom stereocenters. The first kappa shape index (κ1) is 16.3. The molecular weight excluding hydrogens is 304 g/mol. The van der Waals surface area contributed by atoms with Crippen LogP contribution in [0.1, 0.15) is 36.6 Å². The molecule has 128 valence electrons. The van der Waals surface area contributed by atoms with Crippen LogP contribution >= 0.6 is 0 Å². The number of ether oxygens (including phenoxy) is 1. The van der Waals surface area contributed by atoms with Gasteiger partial charge in [0.2, 0.25) is 0 Å². The van der Waals surface area contributed by atoms with Crippen LogP contribution in [0.15, 0.2) is 29.3 Å². The van der Waals surface area contributed by atoms with Crippen molar-refractivity contribution in [2.75, 3.05) is 13.2 Å². The molecule has 0 saturated heterocycles. The van der Waals surface area contributed by atoms with Crippen LogP contribution in [-0.4, -0.2) is 33.9 Å². The average Bonchev–Trinajstić information content (AvgIpc) is 2.92. The largest absolute Gasteiger partial charge is 0.493 e. The number of guanidine groups is 1. The smallest absolute Gasteiger partial charge is 0.192 e. The van der Waals surface area contributed by atoms with Crippen molar-refractivity contribution < 1.29 is 4.74 Å². The Balaban J connectivity index is 1.75. The number of hydrogen-bond donors (Lipinski definition) is 2. The van der Waals surface area contributed by atoms with Gasteiger partial charge in [0.25, 0.3) is 0 Å². The highest BCUT2D eigenvalue weighted by Crippen LogP contribution is 2.31. The minimum Gasteiger partial charge on any atom is -0.493 e. The third kappa shape index (κ3) is 3.50. The van der Waals surface area contributed by atoms with E-state index in [1.54, 1.807) is 0 Å². The molecule has 1 unspecified atom stereocenters. The fourth-order valence-corrected chi connectivity index (χ4v) is 2.72. The Morgan fingerprint density at radius 2 is 2.21 bits per heavy atom. The maximum Gasteiger partial charge on any atom is 0.192 e. The summed E-state index contributed by atoms with van der Waals surface area (Å²) >= 11 is 0. The van der Waals surface area contributed by atoms with Crippen LogP contribution in [0.5, 0.6) is 5.75 Å². The number of fused-ring (bicyclic) bond motifs is 1. The van der Waals surface area contributed by atoms with Crippen LogP contribution in [-0.2, 0) is 13.6 Å². The molecular formula is C17H24N6O. The number of hydrogen-bond acceptors (Lipinski definition) is 4. The molecule has 1 aliphatic rings. The van der Waals surface area contributed by atoms with Crippen molar-refractivity contribution in [2.45, 2.75) is 32.9 Å². The molecule has 0 bridgehead atoms. The van der Waals surface area contributed by atoms with Gasteiger partial charge in [-0.15, -0.1) is 10.2 Å². The predicted molar refractivity (Wildman–Crippen MR) is 93.0 cm³/mol. The van der Waals surface area contributed by atoms with Crippen LogP contribution < -0.4 is 15.4 Å². The fraction of sp³-hybridized carbons (Fsp3) is 0.471. The van der Waals surface area contributed by atoms with Gasteiger partial charge in [-0.05, 0) is 19.9 Å². The molecule has 0 spiro atoms. The van der Waals surface area contributed by atoms with Crippen molar-refractivity contribution in [1.29, 1.82) is 0 Å². The number of nitrogens with one attached hydrogen (secondary N) is 2. The monoisotopic (exact) mass is 328 g/mol. The summed E-state index contributed by atoms with van der Waals surface area (Å²) in [7, 11) is 1.95. The van der Waals surface area contributed by atoms with Crippen LogP contribution in [0, 0.1) is 6.92 Å². The van der Waals surface area contributed by atoms with Gasteiger partial charge in [-0.2, -0.15) is 0 Å². The highest BCUT2D eigenvalue weighted by molar-refractivity contribution is 5.80. The summed E-state index contributed by atoms with van der Waals surface area (Å²) in [6, 6.07) is 8.33. The Labute approximate surface area is 142 Å². The molecule has 1 aromatic heterocycles. The maximum atomic E-state index is 5.72. The molecule has 1 aromatic carbocycles. The SMILES string of the molecule is CCNC(=NCc1nnc(C)n1C)NC1CCOc2ccccc21. The van der Waals surface area contributed by atoms with Crippen molar-refractivity contribution in [2.24, 2.45) is 12.0 Å². The molecule has 7 nitrogen and oxygen atoms in total. The molecule has 2 aromatic rings. The Bertz CT molecular complexity index is 724. The number of para-hydroxylation sites is 1. The van der Waals surface area contributed by atoms with Crippen LogP contribution in [0.4, 0.5) is 0 Å². The number of aromatic nitrogens is 3. The van der Waals surface area contributed by atoms with Gasteiger partial charge < -0.3 is 19.9 Å². The van der Waals surface area contributed by atoms with E-state index in [0.717, 1.165) is 36.3 Å². The zero-order valence-corrected chi connectivity index (χ0v) is 14.4. The van der Waals surface area contributed by atoms with Crippen molar-refractivity contribution in [3.63, 3.8) is 0 Å². The van der Waals surface area contributed by atoms with E-state index in [-0.39, 0.29) is 6.04 Å². The molecule has 3 rings (SSSR count). The Morgan fingerprint density at radius 1 is 1.38 bits per heavy atom. The van der Waals surface area contributed by atoms with Crippen molar-refractivity contribution in [3.8, 4) is 5.75 Å². The van der Waals surface area contributed by atoms with Gasteiger partial charge in [-0.3, -0.25) is 0 Å². The molecule has 0 radical (unpaired) electrons. The van der Waals surface area contributed by atoms with E-state index < -0.39 is 0 Å². The van der Waals surface area contributed by atoms with E-state index in [0.29, 0.717) is 13.2 Å². The minimum atomic E-state index is 0.189. The first-order chi connectivity index (χ1) is 11.7. The van der Waals surface area contributed by atoms with Crippen molar-refractivity contribution >= 4 is 5.96 Å². The second-order valence-corrected chi connectivity index (χ2v) is 5.79. The van der Waals surface area contributed by atoms with Crippen LogP contribution in [0.2, 0.25) is 0 Å². The summed E-state index contributed by atoms with van der Waals surface area (Å²) in [5.74, 6) is 3.45. The van der Waals surface area contributed by atoms with E-state index >= 15 is 0 Å². The summed E-state index contributed by atoms with van der Waals surface area (Å²) in [5.41, 5.74) is 1.17. The lowest BCUT2D eigenvalue weighted by molar-refractivity contribution is 0.261. The van der Waals surface area contributed by atoms with E-state index in [9.17, 15) is 0 Å². The minimum absolute atomic E-state index is 0.189. The zero-order chi connectivity index (χ0) is 16.9. The average molecular weight is 328 g/mol. The van der Waals surface area contributed by atoms with Gasteiger partial charge in [0.05, 0.1) is 12.6 Å².